The number of rotatable bonds is 4. The van der Waals surface area contributed by atoms with Crippen molar-refractivity contribution in [3.63, 3.8) is 0 Å². The Bertz CT molecular complexity index is 705. The van der Waals surface area contributed by atoms with Gasteiger partial charge in [-0.25, -0.2) is 0 Å². The lowest BCUT2D eigenvalue weighted by molar-refractivity contribution is 1.57. The van der Waals surface area contributed by atoms with Crippen LogP contribution in [0.2, 0.25) is 19.6 Å². The van der Waals surface area contributed by atoms with Gasteiger partial charge in [-0.1, -0.05) is 60.7 Å². The summed E-state index contributed by atoms with van der Waals surface area (Å²) in [5.74, 6) is 0. The summed E-state index contributed by atoms with van der Waals surface area (Å²) in [7, 11) is -5.09. The van der Waals surface area contributed by atoms with Crippen molar-refractivity contribution in [3.05, 3.63) is 60.7 Å². The van der Waals surface area contributed by atoms with E-state index in [1.807, 2.05) is 0 Å². The molecule has 23 heavy (non-hydrogen) atoms. The van der Waals surface area contributed by atoms with Crippen LogP contribution in [0.25, 0.3) is 0 Å². The van der Waals surface area contributed by atoms with Crippen molar-refractivity contribution in [2.75, 3.05) is 20.0 Å². The second kappa shape index (κ2) is 6.93. The maximum absolute atomic E-state index is 5.48. The van der Waals surface area contributed by atoms with Gasteiger partial charge in [0, 0.05) is 10.6 Å². The second-order valence-electron chi connectivity index (χ2n) is 7.57. The summed E-state index contributed by atoms with van der Waals surface area (Å²) < 4.78 is 10.9. The quantitative estimate of drug-likeness (QED) is 0.494. The van der Waals surface area contributed by atoms with Gasteiger partial charge in [-0.05, 0) is 46.7 Å². The smallest absolute Gasteiger partial charge is 0.173 e. The number of nitrogens with zero attached hydrogens (tertiary/aromatic N) is 2. The van der Waals surface area contributed by atoms with Crippen LogP contribution in [0.1, 0.15) is 0 Å². The van der Waals surface area contributed by atoms with Crippen molar-refractivity contribution in [2.24, 2.45) is 8.93 Å². The van der Waals surface area contributed by atoms with Gasteiger partial charge < -0.3 is 4.41 Å². The molecule has 0 heterocycles. The average Bonchev–Trinajstić information content (AvgIpc) is 2.45. The number of benzene rings is 2. The minimum absolute atomic E-state index is 1.28. The van der Waals surface area contributed by atoms with E-state index >= 15 is 0 Å². The fraction of sp³-hybridized carbons (Fsp3) is 0.333. The van der Waals surface area contributed by atoms with E-state index in [1.165, 1.54) is 10.6 Å². The van der Waals surface area contributed by atoms with Gasteiger partial charge in [-0.3, -0.25) is 4.52 Å². The molecule has 0 aliphatic carbocycles. The molecule has 2 aromatic rings. The molecule has 0 radical (unpaired) electrons. The van der Waals surface area contributed by atoms with E-state index in [1.54, 1.807) is 0 Å². The zero-order valence-corrected chi connectivity index (χ0v) is 17.9. The third-order valence-electron chi connectivity index (χ3n) is 3.07. The Morgan fingerprint density at radius 3 is 1.39 bits per heavy atom. The normalized spacial score (nSPS) is 12.8. The molecular weight excluding hydrogens is 334 g/mol. The van der Waals surface area contributed by atoms with E-state index in [2.05, 4.69) is 100 Å². The number of hydrogen-bond acceptors (Lipinski definition) is 1. The first kappa shape index (κ1) is 18.5. The van der Waals surface area contributed by atoms with Crippen LogP contribution >= 0.6 is 14.3 Å². The molecule has 0 bridgehead atoms. The molecule has 2 nitrogen and oxygen atoms in total. The first-order valence-corrected chi connectivity index (χ1v) is 16.2. The Hall–Kier alpha value is -0.883. The van der Waals surface area contributed by atoms with Gasteiger partial charge in [0.05, 0.1) is 0 Å². The molecule has 0 amide bonds. The van der Waals surface area contributed by atoms with Gasteiger partial charge >= 0.3 is 0 Å². The van der Waals surface area contributed by atoms with Crippen LogP contribution in [0, 0.1) is 0 Å². The Morgan fingerprint density at radius 1 is 0.696 bits per heavy atom. The van der Waals surface area contributed by atoms with Gasteiger partial charge in [0.2, 0.25) is 0 Å². The Morgan fingerprint density at radius 2 is 1.09 bits per heavy atom. The van der Waals surface area contributed by atoms with Gasteiger partial charge in [-0.15, -0.1) is 0 Å². The Kier molecular flexibility index (Phi) is 5.56. The minimum Gasteiger partial charge on any atom is -0.311 e. The molecular formula is C18H28N2P2Si. The summed E-state index contributed by atoms with van der Waals surface area (Å²) in [5, 5.41) is 2.56. The summed E-state index contributed by atoms with van der Waals surface area (Å²) in [4.78, 5) is 0. The van der Waals surface area contributed by atoms with Crippen molar-refractivity contribution >= 4 is 33.1 Å². The van der Waals surface area contributed by atoms with E-state index in [-0.39, 0.29) is 0 Å². The summed E-state index contributed by atoms with van der Waals surface area (Å²) >= 11 is 0. The third-order valence-corrected chi connectivity index (χ3v) is 11.9. The molecule has 0 aliphatic rings. The summed E-state index contributed by atoms with van der Waals surface area (Å²) in [5.41, 5.74) is 0. The lowest BCUT2D eigenvalue weighted by Gasteiger charge is -2.28. The zero-order valence-electron chi connectivity index (χ0n) is 15.1. The van der Waals surface area contributed by atoms with Crippen LogP contribution in [-0.4, -0.2) is 28.2 Å². The van der Waals surface area contributed by atoms with E-state index in [0.717, 1.165) is 0 Å². The van der Waals surface area contributed by atoms with Gasteiger partial charge in [0.25, 0.3) is 0 Å². The Labute approximate surface area is 142 Å². The zero-order chi connectivity index (χ0) is 17.1. The van der Waals surface area contributed by atoms with Crippen LogP contribution in [0.4, 0.5) is 0 Å². The molecule has 0 unspecified atom stereocenters. The fourth-order valence-corrected chi connectivity index (χ4v) is 12.8. The van der Waals surface area contributed by atoms with Crippen molar-refractivity contribution in [2.45, 2.75) is 19.6 Å². The predicted octanol–water partition coefficient (Wildman–Crippen LogP) is 5.68. The second-order valence-corrected chi connectivity index (χ2v) is 19.6. The van der Waals surface area contributed by atoms with Crippen molar-refractivity contribution in [1.82, 2.24) is 0 Å². The molecule has 0 saturated carbocycles. The Balaban J connectivity index is 2.95. The van der Waals surface area contributed by atoms with Crippen LogP contribution in [0.15, 0.2) is 69.6 Å². The highest BCUT2D eigenvalue weighted by Crippen LogP contribution is 2.58. The molecule has 0 spiro atoms. The first-order valence-electron chi connectivity index (χ1n) is 7.93. The molecule has 0 atom stereocenters. The third kappa shape index (κ3) is 5.04. The molecule has 0 saturated heterocycles. The van der Waals surface area contributed by atoms with Crippen LogP contribution in [-0.2, 0) is 0 Å². The monoisotopic (exact) mass is 362 g/mol. The minimum atomic E-state index is -2.08. The van der Waals surface area contributed by atoms with Gasteiger partial charge in [-0.2, -0.15) is 0 Å². The van der Waals surface area contributed by atoms with Crippen LogP contribution < -0.4 is 10.6 Å². The van der Waals surface area contributed by atoms with Crippen LogP contribution in [0.5, 0.6) is 0 Å². The van der Waals surface area contributed by atoms with E-state index in [0.29, 0.717) is 0 Å². The lowest BCUT2D eigenvalue weighted by atomic mass is 10.4. The van der Waals surface area contributed by atoms with Crippen LogP contribution in [0.3, 0.4) is 0 Å². The highest BCUT2D eigenvalue weighted by molar-refractivity contribution is 7.85. The molecule has 0 aliphatic heterocycles. The largest absolute Gasteiger partial charge is 0.311 e. The molecule has 0 N–H and O–H groups in total. The topological polar surface area (TPSA) is 24.7 Å². The standard InChI is InChI=1S/C18H28N2P2Si/c1-21(2,3)19-22(20-23(4,5)6,17-13-9-7-10-14-17)18-15-11-8-12-16-18/h7-16H,1-6H3. The molecule has 0 aromatic heterocycles. The van der Waals surface area contributed by atoms with Crippen molar-refractivity contribution in [3.8, 4) is 0 Å². The lowest BCUT2D eigenvalue weighted by Crippen LogP contribution is -2.22. The molecule has 124 valence electrons. The molecule has 2 rings (SSSR count). The maximum Gasteiger partial charge on any atom is 0.173 e. The fourth-order valence-electron chi connectivity index (χ4n) is 2.48. The predicted molar refractivity (Wildman–Crippen MR) is 112 cm³/mol. The summed E-state index contributed by atoms with van der Waals surface area (Å²) in [6, 6.07) is 21.5. The average molecular weight is 362 g/mol. The molecule has 0 fully saturated rings. The first-order chi connectivity index (χ1) is 10.6. The van der Waals surface area contributed by atoms with Gasteiger partial charge in [0.1, 0.15) is 7.21 Å². The highest BCUT2D eigenvalue weighted by atomic mass is 31.2. The number of hydrogen-bond donors (Lipinski definition) is 0. The van der Waals surface area contributed by atoms with E-state index in [4.69, 9.17) is 8.93 Å². The van der Waals surface area contributed by atoms with Gasteiger partial charge in [0.15, 0.2) is 8.24 Å². The summed E-state index contributed by atoms with van der Waals surface area (Å²) in [6.45, 7) is 13.8. The summed E-state index contributed by atoms with van der Waals surface area (Å²) in [6.07, 6.45) is 0. The van der Waals surface area contributed by atoms with Crippen molar-refractivity contribution in [1.29, 1.82) is 0 Å². The maximum atomic E-state index is 5.48. The van der Waals surface area contributed by atoms with Crippen molar-refractivity contribution < 1.29 is 0 Å². The molecule has 2 aromatic carbocycles. The van der Waals surface area contributed by atoms with E-state index < -0.39 is 22.5 Å². The SMILES string of the molecule is C[Si](C)(C)N=P(N=P(C)(C)C)(c1ccccc1)c1ccccc1. The highest BCUT2D eigenvalue weighted by Gasteiger charge is 2.28. The van der Waals surface area contributed by atoms with E-state index in [9.17, 15) is 0 Å². The molecule has 5 heteroatoms.